The van der Waals surface area contributed by atoms with Gasteiger partial charge in [0.25, 0.3) is 5.56 Å². The molecular weight excluding hydrogens is 284 g/mol. The van der Waals surface area contributed by atoms with Crippen molar-refractivity contribution in [1.29, 1.82) is 0 Å². The SMILES string of the molecule is O=C(O)Cc1nn(CC2CCCO2)c(=O)c2c1C=CC=CC2. The smallest absolute Gasteiger partial charge is 0.309 e. The summed E-state index contributed by atoms with van der Waals surface area (Å²) in [5.41, 5.74) is 1.52. The van der Waals surface area contributed by atoms with E-state index in [2.05, 4.69) is 5.10 Å². The van der Waals surface area contributed by atoms with Crippen LogP contribution in [0.5, 0.6) is 0 Å². The Balaban J connectivity index is 2.04. The van der Waals surface area contributed by atoms with Crippen LogP contribution < -0.4 is 5.56 Å². The molecule has 1 N–H and O–H groups in total. The summed E-state index contributed by atoms with van der Waals surface area (Å²) in [6.07, 6.45) is 9.49. The highest BCUT2D eigenvalue weighted by atomic mass is 16.5. The molecule has 1 saturated heterocycles. The Morgan fingerprint density at radius 2 is 2.32 bits per heavy atom. The van der Waals surface area contributed by atoms with Gasteiger partial charge < -0.3 is 9.84 Å². The van der Waals surface area contributed by atoms with Crippen molar-refractivity contribution in [2.45, 2.75) is 38.3 Å². The van der Waals surface area contributed by atoms with E-state index in [0.717, 1.165) is 12.8 Å². The van der Waals surface area contributed by atoms with E-state index >= 15 is 0 Å². The van der Waals surface area contributed by atoms with Gasteiger partial charge >= 0.3 is 5.97 Å². The van der Waals surface area contributed by atoms with E-state index in [0.29, 0.717) is 36.4 Å². The molecule has 1 fully saturated rings. The van der Waals surface area contributed by atoms with E-state index < -0.39 is 5.97 Å². The maximum atomic E-state index is 12.6. The fraction of sp³-hybridized carbons (Fsp3) is 0.438. The topological polar surface area (TPSA) is 81.4 Å². The van der Waals surface area contributed by atoms with Gasteiger partial charge in [-0.05, 0) is 19.3 Å². The van der Waals surface area contributed by atoms with Crippen molar-refractivity contribution in [3.05, 3.63) is 45.4 Å². The van der Waals surface area contributed by atoms with Crippen LogP contribution in [-0.4, -0.2) is 33.6 Å². The zero-order valence-corrected chi connectivity index (χ0v) is 12.2. The number of hydrogen-bond acceptors (Lipinski definition) is 4. The summed E-state index contributed by atoms with van der Waals surface area (Å²) < 4.78 is 6.93. The number of allylic oxidation sites excluding steroid dienone is 3. The quantitative estimate of drug-likeness (QED) is 0.903. The molecule has 116 valence electrons. The van der Waals surface area contributed by atoms with Crippen LogP contribution in [0.15, 0.2) is 23.0 Å². The van der Waals surface area contributed by atoms with E-state index in [4.69, 9.17) is 9.84 Å². The maximum Gasteiger partial charge on any atom is 0.309 e. The van der Waals surface area contributed by atoms with Gasteiger partial charge in [-0.3, -0.25) is 9.59 Å². The first-order valence-corrected chi connectivity index (χ1v) is 7.44. The zero-order chi connectivity index (χ0) is 15.5. The summed E-state index contributed by atoms with van der Waals surface area (Å²) in [5, 5.41) is 13.4. The van der Waals surface area contributed by atoms with Crippen LogP contribution in [0.4, 0.5) is 0 Å². The molecule has 0 saturated carbocycles. The van der Waals surface area contributed by atoms with E-state index in [1.807, 2.05) is 18.2 Å². The molecule has 1 atom stereocenters. The first-order chi connectivity index (χ1) is 10.6. The molecule has 2 heterocycles. The lowest BCUT2D eigenvalue weighted by Crippen LogP contribution is -2.33. The van der Waals surface area contributed by atoms with E-state index in [1.54, 1.807) is 6.08 Å². The number of ether oxygens (including phenoxy) is 1. The average Bonchev–Trinajstić information content (AvgIpc) is 2.85. The first kappa shape index (κ1) is 14.7. The number of fused-ring (bicyclic) bond motifs is 1. The summed E-state index contributed by atoms with van der Waals surface area (Å²) in [7, 11) is 0. The molecule has 3 rings (SSSR count). The Hall–Kier alpha value is -2.21. The summed E-state index contributed by atoms with van der Waals surface area (Å²) in [6.45, 7) is 1.09. The summed E-state index contributed by atoms with van der Waals surface area (Å²) >= 11 is 0. The predicted octanol–water partition coefficient (Wildman–Crippen LogP) is 1.17. The zero-order valence-electron chi connectivity index (χ0n) is 12.2. The third-order valence-electron chi connectivity index (χ3n) is 3.92. The van der Waals surface area contributed by atoms with Crippen molar-refractivity contribution in [3.8, 4) is 0 Å². The number of aliphatic carboxylic acids is 1. The lowest BCUT2D eigenvalue weighted by molar-refractivity contribution is -0.136. The van der Waals surface area contributed by atoms with Crippen molar-refractivity contribution < 1.29 is 14.6 Å². The molecule has 1 aliphatic carbocycles. The van der Waals surface area contributed by atoms with Crippen molar-refractivity contribution in [2.24, 2.45) is 0 Å². The van der Waals surface area contributed by atoms with Gasteiger partial charge in [0, 0.05) is 17.7 Å². The monoisotopic (exact) mass is 302 g/mol. The number of carboxylic acids is 1. The number of aromatic nitrogens is 2. The Morgan fingerprint density at radius 3 is 3.05 bits per heavy atom. The highest BCUT2D eigenvalue weighted by Crippen LogP contribution is 2.18. The molecule has 22 heavy (non-hydrogen) atoms. The summed E-state index contributed by atoms with van der Waals surface area (Å²) in [5.74, 6) is -0.956. The maximum absolute atomic E-state index is 12.6. The van der Waals surface area contributed by atoms with Crippen LogP contribution >= 0.6 is 0 Å². The molecule has 0 aromatic carbocycles. The van der Waals surface area contributed by atoms with Crippen molar-refractivity contribution in [3.63, 3.8) is 0 Å². The second-order valence-corrected chi connectivity index (χ2v) is 5.52. The standard InChI is InChI=1S/C16H18N2O4/c19-15(20)9-14-12-6-2-1-3-7-13(12)16(21)18(17-14)10-11-5-4-8-22-11/h1-3,6,11H,4-5,7-10H2,(H,19,20). The second-order valence-electron chi connectivity index (χ2n) is 5.52. The van der Waals surface area contributed by atoms with Gasteiger partial charge in [0.2, 0.25) is 0 Å². The molecule has 2 aliphatic rings. The number of carboxylic acid groups (broad SMARTS) is 1. The number of nitrogens with zero attached hydrogens (tertiary/aromatic N) is 2. The third kappa shape index (κ3) is 3.01. The Labute approximate surface area is 127 Å². The average molecular weight is 302 g/mol. The van der Waals surface area contributed by atoms with Gasteiger partial charge in [0.05, 0.1) is 24.8 Å². The van der Waals surface area contributed by atoms with E-state index in [1.165, 1.54) is 4.68 Å². The largest absolute Gasteiger partial charge is 0.481 e. The lowest BCUT2D eigenvalue weighted by atomic mass is 10.0. The van der Waals surface area contributed by atoms with Crippen LogP contribution in [0.25, 0.3) is 6.08 Å². The van der Waals surface area contributed by atoms with Crippen LogP contribution in [-0.2, 0) is 28.9 Å². The molecule has 1 unspecified atom stereocenters. The molecule has 0 bridgehead atoms. The molecule has 6 heteroatoms. The normalized spacial score (nSPS) is 19.9. The molecule has 0 radical (unpaired) electrons. The minimum Gasteiger partial charge on any atom is -0.481 e. The summed E-state index contributed by atoms with van der Waals surface area (Å²) in [4.78, 5) is 23.7. The molecule has 1 aromatic rings. The molecule has 1 aromatic heterocycles. The summed E-state index contributed by atoms with van der Waals surface area (Å²) in [6, 6.07) is 0. The van der Waals surface area contributed by atoms with Gasteiger partial charge in [0.15, 0.2) is 0 Å². The number of carbonyl (C=O) groups is 1. The van der Waals surface area contributed by atoms with Crippen molar-refractivity contribution >= 4 is 12.0 Å². The fourth-order valence-corrected chi connectivity index (χ4v) is 2.88. The van der Waals surface area contributed by atoms with Crippen LogP contribution in [0.2, 0.25) is 0 Å². The molecule has 0 amide bonds. The van der Waals surface area contributed by atoms with Gasteiger partial charge in [-0.25, -0.2) is 4.68 Å². The van der Waals surface area contributed by atoms with Gasteiger partial charge in [0.1, 0.15) is 0 Å². The van der Waals surface area contributed by atoms with Crippen molar-refractivity contribution in [1.82, 2.24) is 9.78 Å². The predicted molar refractivity (Wildman–Crippen MR) is 80.7 cm³/mol. The molecule has 6 nitrogen and oxygen atoms in total. The second kappa shape index (κ2) is 6.27. The van der Waals surface area contributed by atoms with E-state index in [9.17, 15) is 9.59 Å². The number of rotatable bonds is 4. The van der Waals surface area contributed by atoms with Crippen molar-refractivity contribution in [2.75, 3.05) is 6.61 Å². The van der Waals surface area contributed by atoms with Gasteiger partial charge in [-0.1, -0.05) is 24.3 Å². The lowest BCUT2D eigenvalue weighted by Gasteiger charge is -2.15. The van der Waals surface area contributed by atoms with Crippen LogP contribution in [0.3, 0.4) is 0 Å². The Bertz CT molecular complexity index is 697. The molecule has 0 spiro atoms. The Morgan fingerprint density at radius 1 is 1.45 bits per heavy atom. The van der Waals surface area contributed by atoms with Gasteiger partial charge in [-0.2, -0.15) is 5.10 Å². The molecular formula is C16H18N2O4. The third-order valence-corrected chi connectivity index (χ3v) is 3.92. The van der Waals surface area contributed by atoms with E-state index in [-0.39, 0.29) is 18.1 Å². The van der Waals surface area contributed by atoms with Gasteiger partial charge in [-0.15, -0.1) is 0 Å². The highest BCUT2D eigenvalue weighted by molar-refractivity contribution is 5.72. The molecule has 1 aliphatic heterocycles. The fourth-order valence-electron chi connectivity index (χ4n) is 2.88. The van der Waals surface area contributed by atoms with Crippen LogP contribution in [0.1, 0.15) is 29.7 Å². The Kier molecular flexibility index (Phi) is 4.20. The highest BCUT2D eigenvalue weighted by Gasteiger charge is 2.21. The first-order valence-electron chi connectivity index (χ1n) is 7.44. The van der Waals surface area contributed by atoms with Crippen LogP contribution in [0, 0.1) is 0 Å². The minimum atomic E-state index is -0.956. The number of hydrogen-bond donors (Lipinski definition) is 1. The minimum absolute atomic E-state index is 0.0159.